The lowest BCUT2D eigenvalue weighted by Crippen LogP contribution is -2.55. The summed E-state index contributed by atoms with van der Waals surface area (Å²) in [5, 5.41) is 5.18. The van der Waals surface area contributed by atoms with Gasteiger partial charge in [0, 0.05) is 39.3 Å². The number of carbonyl (C=O) groups is 2. The molecule has 1 heterocycles. The third kappa shape index (κ3) is 5.90. The van der Waals surface area contributed by atoms with Gasteiger partial charge in [-0.15, -0.1) is 0 Å². The first-order valence-electron chi connectivity index (χ1n) is 9.75. The van der Waals surface area contributed by atoms with Gasteiger partial charge in [0.15, 0.2) is 0 Å². The largest absolute Gasteiger partial charge is 0.334 e. The molecule has 6 heteroatoms. The second kappa shape index (κ2) is 10.0. The van der Waals surface area contributed by atoms with Gasteiger partial charge < -0.3 is 5.32 Å². The van der Waals surface area contributed by atoms with E-state index in [-0.39, 0.29) is 11.9 Å². The number of urea groups is 1. The minimum atomic E-state index is -0.455. The highest BCUT2D eigenvalue weighted by atomic mass is 16.2. The Morgan fingerprint density at radius 3 is 2.07 bits per heavy atom. The number of carbonyl (C=O) groups excluding carboxylic acids is 2. The maximum Gasteiger partial charge on any atom is 0.321 e. The van der Waals surface area contributed by atoms with Crippen LogP contribution in [0, 0.1) is 0 Å². The average molecular weight is 380 g/mol. The zero-order valence-electron chi connectivity index (χ0n) is 16.3. The molecule has 1 saturated heterocycles. The van der Waals surface area contributed by atoms with E-state index in [9.17, 15) is 9.59 Å². The van der Waals surface area contributed by atoms with Crippen molar-refractivity contribution in [3.8, 4) is 0 Å². The Bertz CT molecular complexity index is 759. The van der Waals surface area contributed by atoms with E-state index in [0.29, 0.717) is 6.54 Å². The fraction of sp³-hybridized carbons (Fsp3) is 0.364. The van der Waals surface area contributed by atoms with Crippen molar-refractivity contribution in [1.82, 2.24) is 20.4 Å². The summed E-state index contributed by atoms with van der Waals surface area (Å²) in [7, 11) is 0. The number of nitrogens with zero attached hydrogens (tertiary/aromatic N) is 2. The Labute approximate surface area is 166 Å². The topological polar surface area (TPSA) is 64.7 Å². The van der Waals surface area contributed by atoms with Crippen molar-refractivity contribution in [2.45, 2.75) is 26.1 Å². The molecule has 0 radical (unpaired) electrons. The van der Waals surface area contributed by atoms with E-state index in [1.807, 2.05) is 43.3 Å². The summed E-state index contributed by atoms with van der Waals surface area (Å²) in [6.45, 7) is 6.62. The molecule has 0 spiro atoms. The van der Waals surface area contributed by atoms with Crippen molar-refractivity contribution in [2.24, 2.45) is 0 Å². The maximum absolute atomic E-state index is 12.4. The summed E-state index contributed by atoms with van der Waals surface area (Å²) in [5.41, 5.74) is 2.30. The highest BCUT2D eigenvalue weighted by Crippen LogP contribution is 2.10. The van der Waals surface area contributed by atoms with Gasteiger partial charge in [-0.1, -0.05) is 60.7 Å². The summed E-state index contributed by atoms with van der Waals surface area (Å²) in [4.78, 5) is 28.9. The Morgan fingerprint density at radius 1 is 0.893 bits per heavy atom. The fourth-order valence-electron chi connectivity index (χ4n) is 3.35. The lowest BCUT2D eigenvalue weighted by atomic mass is 10.1. The van der Waals surface area contributed by atoms with Gasteiger partial charge in [0.25, 0.3) is 0 Å². The molecule has 28 heavy (non-hydrogen) atoms. The van der Waals surface area contributed by atoms with Crippen molar-refractivity contribution in [1.29, 1.82) is 0 Å². The lowest BCUT2D eigenvalue weighted by Gasteiger charge is -2.37. The summed E-state index contributed by atoms with van der Waals surface area (Å²) >= 11 is 0. The van der Waals surface area contributed by atoms with Crippen molar-refractivity contribution in [3.63, 3.8) is 0 Å². The van der Waals surface area contributed by atoms with Crippen LogP contribution in [0.2, 0.25) is 0 Å². The molecule has 0 saturated carbocycles. The molecule has 0 unspecified atom stereocenters. The van der Waals surface area contributed by atoms with Crippen LogP contribution in [0.4, 0.5) is 4.79 Å². The van der Waals surface area contributed by atoms with E-state index in [2.05, 4.69) is 44.7 Å². The van der Waals surface area contributed by atoms with Crippen molar-refractivity contribution < 1.29 is 9.59 Å². The molecule has 3 amide bonds. The van der Waals surface area contributed by atoms with Gasteiger partial charge >= 0.3 is 6.03 Å². The van der Waals surface area contributed by atoms with Gasteiger partial charge in [0.05, 0.1) is 6.04 Å². The zero-order valence-corrected chi connectivity index (χ0v) is 16.3. The third-order valence-electron chi connectivity index (χ3n) is 5.12. The van der Waals surface area contributed by atoms with E-state index in [4.69, 9.17) is 0 Å². The third-order valence-corrected chi connectivity index (χ3v) is 5.12. The molecule has 1 aliphatic rings. The smallest absolute Gasteiger partial charge is 0.321 e. The van der Waals surface area contributed by atoms with Crippen LogP contribution < -0.4 is 10.6 Å². The lowest BCUT2D eigenvalue weighted by molar-refractivity contribution is -0.125. The molecule has 0 aliphatic carbocycles. The van der Waals surface area contributed by atoms with Gasteiger partial charge in [0.1, 0.15) is 0 Å². The molecular weight excluding hydrogens is 352 g/mol. The second-order valence-corrected chi connectivity index (χ2v) is 7.13. The maximum atomic E-state index is 12.4. The summed E-state index contributed by atoms with van der Waals surface area (Å²) in [6, 6.07) is 19.2. The number of piperazine rings is 1. The van der Waals surface area contributed by atoms with Gasteiger partial charge in [-0.2, -0.15) is 0 Å². The Morgan fingerprint density at radius 2 is 1.46 bits per heavy atom. The quantitative estimate of drug-likeness (QED) is 0.807. The molecule has 0 aromatic heterocycles. The molecular formula is C22H28N4O2. The monoisotopic (exact) mass is 380 g/mol. The minimum absolute atomic E-state index is 0.262. The number of rotatable bonds is 6. The standard InChI is InChI=1S/C22H28N4O2/c1-18(21(27)24-22(28)23-16-19-8-4-2-5-9-19)26-14-12-25(13-15-26)17-20-10-6-3-7-11-20/h2-11,18H,12-17H2,1H3,(H2,23,24,27,28)/t18-/m1/s1. The Hall–Kier alpha value is -2.70. The van der Waals surface area contributed by atoms with Crippen molar-refractivity contribution >= 4 is 11.9 Å². The highest BCUT2D eigenvalue weighted by molar-refractivity contribution is 5.96. The van der Waals surface area contributed by atoms with Crippen LogP contribution in [0.15, 0.2) is 60.7 Å². The van der Waals surface area contributed by atoms with Crippen LogP contribution in [-0.4, -0.2) is 54.0 Å². The predicted molar refractivity (Wildman–Crippen MR) is 110 cm³/mol. The fourth-order valence-corrected chi connectivity index (χ4v) is 3.35. The van der Waals surface area contributed by atoms with E-state index in [1.54, 1.807) is 0 Å². The second-order valence-electron chi connectivity index (χ2n) is 7.13. The number of benzene rings is 2. The first-order chi connectivity index (χ1) is 13.6. The summed E-state index contributed by atoms with van der Waals surface area (Å²) in [5.74, 6) is -0.262. The molecule has 148 valence electrons. The van der Waals surface area contributed by atoms with Crippen molar-refractivity contribution in [2.75, 3.05) is 26.2 Å². The summed E-state index contributed by atoms with van der Waals surface area (Å²) in [6.07, 6.45) is 0. The molecule has 2 aromatic carbocycles. The Kier molecular flexibility index (Phi) is 7.17. The molecule has 1 aliphatic heterocycles. The number of imide groups is 1. The Balaban J connectivity index is 1.39. The van der Waals surface area contributed by atoms with Crippen LogP contribution in [0.3, 0.4) is 0 Å². The summed E-state index contributed by atoms with van der Waals surface area (Å²) < 4.78 is 0. The van der Waals surface area contributed by atoms with E-state index in [0.717, 1.165) is 38.3 Å². The van der Waals surface area contributed by atoms with E-state index in [1.165, 1.54) is 5.56 Å². The molecule has 2 N–H and O–H groups in total. The molecule has 0 bridgehead atoms. The highest BCUT2D eigenvalue weighted by Gasteiger charge is 2.26. The average Bonchev–Trinajstić information content (AvgIpc) is 2.74. The van der Waals surface area contributed by atoms with Gasteiger partial charge in [-0.3, -0.25) is 19.9 Å². The molecule has 1 fully saturated rings. The minimum Gasteiger partial charge on any atom is -0.334 e. The van der Waals surface area contributed by atoms with Crippen molar-refractivity contribution in [3.05, 3.63) is 71.8 Å². The number of hydrogen-bond donors (Lipinski definition) is 2. The number of nitrogens with one attached hydrogen (secondary N) is 2. The van der Waals surface area contributed by atoms with Crippen LogP contribution >= 0.6 is 0 Å². The van der Waals surface area contributed by atoms with Gasteiger partial charge in [-0.05, 0) is 18.1 Å². The van der Waals surface area contributed by atoms with Gasteiger partial charge in [-0.25, -0.2) is 4.79 Å². The number of amides is 3. The van der Waals surface area contributed by atoms with Crippen LogP contribution in [0.5, 0.6) is 0 Å². The van der Waals surface area contributed by atoms with Crippen LogP contribution in [0.25, 0.3) is 0 Å². The molecule has 2 aromatic rings. The van der Waals surface area contributed by atoms with Crippen LogP contribution in [0.1, 0.15) is 18.1 Å². The van der Waals surface area contributed by atoms with E-state index < -0.39 is 6.03 Å². The zero-order chi connectivity index (χ0) is 19.8. The molecule has 6 nitrogen and oxygen atoms in total. The van der Waals surface area contributed by atoms with Gasteiger partial charge in [0.2, 0.25) is 5.91 Å². The first-order valence-corrected chi connectivity index (χ1v) is 9.75. The predicted octanol–water partition coefficient (Wildman–Crippen LogP) is 2.22. The van der Waals surface area contributed by atoms with E-state index >= 15 is 0 Å². The molecule has 1 atom stereocenters. The number of hydrogen-bond acceptors (Lipinski definition) is 4. The SMILES string of the molecule is C[C@H](C(=O)NC(=O)NCc1ccccc1)N1CCN(Cc2ccccc2)CC1. The van der Waals surface area contributed by atoms with Crippen LogP contribution in [-0.2, 0) is 17.9 Å². The molecule has 3 rings (SSSR count). The first kappa shape index (κ1) is 20.0. The normalized spacial score (nSPS) is 16.3.